The van der Waals surface area contributed by atoms with Crippen LogP contribution in [-0.4, -0.2) is 42.2 Å². The van der Waals surface area contributed by atoms with Crippen LogP contribution in [0.2, 0.25) is 0 Å². The molecule has 0 aromatic heterocycles. The molecule has 6 heteroatoms. The number of nitrogens with two attached hydrogens (primary N) is 1. The molecule has 3 N–H and O–H groups in total. The summed E-state index contributed by atoms with van der Waals surface area (Å²) in [6.07, 6.45) is 0.672. The second kappa shape index (κ2) is 11.3. The van der Waals surface area contributed by atoms with Gasteiger partial charge in [-0.25, -0.2) is 0 Å². The minimum absolute atomic E-state index is 0.134. The number of benzene rings is 2. The monoisotopic (exact) mass is 386 g/mol. The Morgan fingerprint density at radius 2 is 1.79 bits per heavy atom. The van der Waals surface area contributed by atoms with Crippen molar-refractivity contribution in [1.82, 2.24) is 4.90 Å². The highest BCUT2D eigenvalue weighted by Crippen LogP contribution is 2.30. The molecule has 2 aromatic carbocycles. The summed E-state index contributed by atoms with van der Waals surface area (Å²) in [5, 5.41) is 9.84. The number of aliphatic hydroxyl groups is 1. The average Bonchev–Trinajstić information content (AvgIpc) is 2.72. The molecular formula is C22H30N2O4. The molecule has 0 aliphatic rings. The summed E-state index contributed by atoms with van der Waals surface area (Å²) in [5.41, 5.74) is 8.42. The fraction of sp³-hybridized carbons (Fsp3) is 0.409. The number of ether oxygens (including phenoxy) is 2. The van der Waals surface area contributed by atoms with E-state index in [1.807, 2.05) is 44.2 Å². The number of amides is 1. The van der Waals surface area contributed by atoms with E-state index < -0.39 is 0 Å². The largest absolute Gasteiger partial charge is 0.491 e. The Bertz CT molecular complexity index is 746. The topological polar surface area (TPSA) is 85.0 Å². The Labute approximate surface area is 166 Å². The van der Waals surface area contributed by atoms with Crippen molar-refractivity contribution in [3.8, 4) is 5.75 Å². The standard InChI is InChI=1S/C22H30N2O4/c1-3-24(4-2)22(26)18-11-12-20(23)21(19(18)15-25)28-14-8-13-27-16-17-9-6-5-7-10-17/h5-7,9-12,25H,3-4,8,13-16,23H2,1-2H3. The molecule has 2 aromatic rings. The van der Waals surface area contributed by atoms with Gasteiger partial charge in [-0.15, -0.1) is 0 Å². The van der Waals surface area contributed by atoms with Gasteiger partial charge in [0.2, 0.25) is 0 Å². The highest BCUT2D eigenvalue weighted by molar-refractivity contribution is 5.97. The molecule has 1 amide bonds. The van der Waals surface area contributed by atoms with E-state index in [0.29, 0.717) is 61.9 Å². The predicted octanol–water partition coefficient (Wildman–Crippen LogP) is 3.23. The van der Waals surface area contributed by atoms with Crippen LogP contribution in [0.4, 0.5) is 5.69 Å². The summed E-state index contributed by atoms with van der Waals surface area (Å²) in [6.45, 7) is 6.20. The summed E-state index contributed by atoms with van der Waals surface area (Å²) in [4.78, 5) is 14.4. The van der Waals surface area contributed by atoms with Gasteiger partial charge < -0.3 is 25.2 Å². The second-order valence-electron chi connectivity index (χ2n) is 6.39. The normalized spacial score (nSPS) is 10.7. The molecule has 6 nitrogen and oxygen atoms in total. The smallest absolute Gasteiger partial charge is 0.254 e. The fourth-order valence-corrected chi connectivity index (χ4v) is 2.95. The second-order valence-corrected chi connectivity index (χ2v) is 6.39. The zero-order valence-corrected chi connectivity index (χ0v) is 16.7. The van der Waals surface area contributed by atoms with Gasteiger partial charge in [-0.05, 0) is 31.5 Å². The van der Waals surface area contributed by atoms with E-state index in [2.05, 4.69) is 0 Å². The molecule has 0 aliphatic heterocycles. The first-order valence-corrected chi connectivity index (χ1v) is 9.68. The number of nitrogens with zero attached hydrogens (tertiary/aromatic N) is 1. The van der Waals surface area contributed by atoms with Gasteiger partial charge in [-0.2, -0.15) is 0 Å². The van der Waals surface area contributed by atoms with Crippen LogP contribution >= 0.6 is 0 Å². The average molecular weight is 386 g/mol. The Balaban J connectivity index is 1.95. The highest BCUT2D eigenvalue weighted by Gasteiger charge is 2.21. The number of hydrogen-bond acceptors (Lipinski definition) is 5. The lowest BCUT2D eigenvalue weighted by molar-refractivity contribution is 0.0768. The maximum atomic E-state index is 12.7. The zero-order chi connectivity index (χ0) is 20.4. The van der Waals surface area contributed by atoms with Gasteiger partial charge in [0.15, 0.2) is 0 Å². The summed E-state index contributed by atoms with van der Waals surface area (Å²) >= 11 is 0. The molecule has 0 saturated carbocycles. The number of carbonyl (C=O) groups is 1. The molecule has 0 fully saturated rings. The minimum atomic E-state index is -0.312. The van der Waals surface area contributed by atoms with Crippen molar-refractivity contribution in [3.63, 3.8) is 0 Å². The maximum absolute atomic E-state index is 12.7. The molecule has 0 aliphatic carbocycles. The maximum Gasteiger partial charge on any atom is 0.254 e. The van der Waals surface area contributed by atoms with E-state index in [1.165, 1.54) is 0 Å². The number of carbonyl (C=O) groups excluding carboxylic acids is 1. The Morgan fingerprint density at radius 3 is 2.43 bits per heavy atom. The number of aliphatic hydroxyl groups excluding tert-OH is 1. The molecule has 0 atom stereocenters. The van der Waals surface area contributed by atoms with Crippen LogP contribution in [0, 0.1) is 0 Å². The highest BCUT2D eigenvalue weighted by atomic mass is 16.5. The molecule has 28 heavy (non-hydrogen) atoms. The quantitative estimate of drug-likeness (QED) is 0.457. The van der Waals surface area contributed by atoms with E-state index in [4.69, 9.17) is 15.2 Å². The SMILES string of the molecule is CCN(CC)C(=O)c1ccc(N)c(OCCCOCc2ccccc2)c1CO. The van der Waals surface area contributed by atoms with Crippen molar-refractivity contribution in [1.29, 1.82) is 0 Å². The van der Waals surface area contributed by atoms with Crippen LogP contribution in [0.1, 0.15) is 41.8 Å². The number of anilines is 1. The number of rotatable bonds is 11. The van der Waals surface area contributed by atoms with Crippen molar-refractivity contribution < 1.29 is 19.4 Å². The third-order valence-electron chi connectivity index (χ3n) is 4.52. The van der Waals surface area contributed by atoms with Gasteiger partial charge in [-0.3, -0.25) is 4.79 Å². The molecule has 0 saturated heterocycles. The van der Waals surface area contributed by atoms with Crippen LogP contribution in [-0.2, 0) is 18.0 Å². The minimum Gasteiger partial charge on any atom is -0.491 e. The van der Waals surface area contributed by atoms with E-state index in [0.717, 1.165) is 5.56 Å². The van der Waals surface area contributed by atoms with E-state index in [1.54, 1.807) is 17.0 Å². The van der Waals surface area contributed by atoms with Crippen LogP contribution < -0.4 is 10.5 Å². The van der Waals surface area contributed by atoms with Crippen LogP contribution in [0.25, 0.3) is 0 Å². The summed E-state index contributed by atoms with van der Waals surface area (Å²) < 4.78 is 11.5. The molecule has 0 unspecified atom stereocenters. The van der Waals surface area contributed by atoms with Gasteiger partial charge in [-0.1, -0.05) is 30.3 Å². The Hall–Kier alpha value is -2.57. The van der Waals surface area contributed by atoms with E-state index in [-0.39, 0.29) is 12.5 Å². The predicted molar refractivity (Wildman–Crippen MR) is 110 cm³/mol. The summed E-state index contributed by atoms with van der Waals surface area (Å²) in [5.74, 6) is 0.244. The lowest BCUT2D eigenvalue weighted by atomic mass is 10.0. The fourth-order valence-electron chi connectivity index (χ4n) is 2.95. The summed E-state index contributed by atoms with van der Waals surface area (Å²) in [6, 6.07) is 13.3. The molecular weight excluding hydrogens is 356 g/mol. The van der Waals surface area contributed by atoms with Crippen molar-refractivity contribution in [3.05, 3.63) is 59.2 Å². The molecule has 152 valence electrons. The van der Waals surface area contributed by atoms with E-state index >= 15 is 0 Å². The molecule has 0 spiro atoms. The zero-order valence-electron chi connectivity index (χ0n) is 16.7. The van der Waals surface area contributed by atoms with Gasteiger partial charge in [0, 0.05) is 30.6 Å². The number of nitrogen functional groups attached to an aromatic ring is 1. The van der Waals surface area contributed by atoms with Crippen molar-refractivity contribution >= 4 is 11.6 Å². The van der Waals surface area contributed by atoms with Gasteiger partial charge in [0.25, 0.3) is 5.91 Å². The van der Waals surface area contributed by atoms with Crippen molar-refractivity contribution in [2.75, 3.05) is 32.0 Å². The van der Waals surface area contributed by atoms with Crippen LogP contribution in [0.15, 0.2) is 42.5 Å². The first-order chi connectivity index (χ1) is 13.6. The summed E-state index contributed by atoms with van der Waals surface area (Å²) in [7, 11) is 0. The molecule has 0 radical (unpaired) electrons. The third-order valence-corrected chi connectivity index (χ3v) is 4.52. The van der Waals surface area contributed by atoms with Crippen molar-refractivity contribution in [2.45, 2.75) is 33.5 Å². The Morgan fingerprint density at radius 1 is 1.07 bits per heavy atom. The lowest BCUT2D eigenvalue weighted by Gasteiger charge is -2.22. The molecule has 2 rings (SSSR count). The molecule has 0 bridgehead atoms. The van der Waals surface area contributed by atoms with Gasteiger partial charge >= 0.3 is 0 Å². The van der Waals surface area contributed by atoms with Crippen LogP contribution in [0.5, 0.6) is 5.75 Å². The van der Waals surface area contributed by atoms with Crippen LogP contribution in [0.3, 0.4) is 0 Å². The lowest BCUT2D eigenvalue weighted by Crippen LogP contribution is -2.31. The first-order valence-electron chi connectivity index (χ1n) is 9.68. The third kappa shape index (κ3) is 5.71. The molecule has 0 heterocycles. The van der Waals surface area contributed by atoms with Gasteiger partial charge in [0.05, 0.1) is 32.1 Å². The van der Waals surface area contributed by atoms with E-state index in [9.17, 15) is 9.90 Å². The number of hydrogen-bond donors (Lipinski definition) is 2. The van der Waals surface area contributed by atoms with Crippen molar-refractivity contribution in [2.24, 2.45) is 0 Å². The first kappa shape index (κ1) is 21.7. The van der Waals surface area contributed by atoms with Gasteiger partial charge in [0.1, 0.15) is 5.75 Å². The Kier molecular flexibility index (Phi) is 8.78.